The third-order valence-electron chi connectivity index (χ3n) is 2.38. The van der Waals surface area contributed by atoms with Crippen molar-refractivity contribution >= 4 is 17.9 Å². The smallest absolute Gasteiger partial charge is 0.321 e. The van der Waals surface area contributed by atoms with Crippen LogP contribution in [0.4, 0.5) is 4.79 Å². The van der Waals surface area contributed by atoms with Gasteiger partial charge in [-0.15, -0.1) is 0 Å². The Labute approximate surface area is 101 Å². The molecule has 0 spiro atoms. The second kappa shape index (κ2) is 7.65. The highest BCUT2D eigenvalue weighted by atomic mass is 16.4. The summed E-state index contributed by atoms with van der Waals surface area (Å²) in [6, 6.07) is -0.566. The number of aliphatic carboxylic acids is 1. The Morgan fingerprint density at radius 3 is 2.18 bits per heavy atom. The molecule has 0 radical (unpaired) electrons. The van der Waals surface area contributed by atoms with Gasteiger partial charge in [0.05, 0.1) is 6.42 Å². The largest absolute Gasteiger partial charge is 0.481 e. The fourth-order valence-electron chi connectivity index (χ4n) is 1.35. The Kier molecular flexibility index (Phi) is 6.93. The van der Waals surface area contributed by atoms with E-state index < -0.39 is 17.9 Å². The van der Waals surface area contributed by atoms with E-state index in [2.05, 4.69) is 10.6 Å². The SMILES string of the molecule is CCC(NC(=O)NC(=O)CCC(=O)O)C(C)C. The van der Waals surface area contributed by atoms with Crippen LogP contribution in [0, 0.1) is 5.92 Å². The number of nitrogens with one attached hydrogen (secondary N) is 2. The van der Waals surface area contributed by atoms with Crippen LogP contribution in [-0.4, -0.2) is 29.1 Å². The number of hydrogen-bond acceptors (Lipinski definition) is 3. The molecular weight excluding hydrogens is 224 g/mol. The summed E-state index contributed by atoms with van der Waals surface area (Å²) in [4.78, 5) is 32.8. The third-order valence-corrected chi connectivity index (χ3v) is 2.38. The summed E-state index contributed by atoms with van der Waals surface area (Å²) in [5, 5.41) is 13.1. The van der Waals surface area contributed by atoms with E-state index in [1.165, 1.54) is 0 Å². The minimum absolute atomic E-state index is 0.00211. The zero-order chi connectivity index (χ0) is 13.4. The van der Waals surface area contributed by atoms with Crippen LogP contribution in [0.25, 0.3) is 0 Å². The van der Waals surface area contributed by atoms with E-state index in [4.69, 9.17) is 5.11 Å². The van der Waals surface area contributed by atoms with Crippen molar-refractivity contribution in [1.29, 1.82) is 0 Å². The standard InChI is InChI=1S/C11H20N2O4/c1-4-8(7(2)3)12-11(17)13-9(14)5-6-10(15)16/h7-8H,4-6H2,1-3H3,(H,15,16)(H2,12,13,14,17). The van der Waals surface area contributed by atoms with Crippen molar-refractivity contribution < 1.29 is 19.5 Å². The van der Waals surface area contributed by atoms with E-state index in [9.17, 15) is 14.4 Å². The van der Waals surface area contributed by atoms with Crippen molar-refractivity contribution in [2.45, 2.75) is 46.1 Å². The Hall–Kier alpha value is -1.59. The molecule has 0 aromatic rings. The van der Waals surface area contributed by atoms with Crippen molar-refractivity contribution in [3.63, 3.8) is 0 Å². The first kappa shape index (κ1) is 15.4. The molecule has 0 fully saturated rings. The zero-order valence-corrected chi connectivity index (χ0v) is 10.4. The maximum absolute atomic E-state index is 11.4. The number of hydrogen-bond donors (Lipinski definition) is 3. The third kappa shape index (κ3) is 7.32. The molecule has 0 heterocycles. The van der Waals surface area contributed by atoms with Gasteiger partial charge in [0.15, 0.2) is 0 Å². The molecule has 0 bridgehead atoms. The minimum Gasteiger partial charge on any atom is -0.481 e. The van der Waals surface area contributed by atoms with Gasteiger partial charge in [-0.25, -0.2) is 4.79 Å². The Bertz CT molecular complexity index is 289. The summed E-state index contributed by atoms with van der Waals surface area (Å²) < 4.78 is 0. The number of rotatable bonds is 6. The number of carboxylic acid groups (broad SMARTS) is 1. The van der Waals surface area contributed by atoms with Gasteiger partial charge in [-0.3, -0.25) is 14.9 Å². The van der Waals surface area contributed by atoms with Gasteiger partial charge in [-0.05, 0) is 12.3 Å². The van der Waals surface area contributed by atoms with Crippen molar-refractivity contribution in [3.05, 3.63) is 0 Å². The molecule has 6 heteroatoms. The number of amides is 3. The molecular formula is C11H20N2O4. The summed E-state index contributed by atoms with van der Waals surface area (Å²) in [7, 11) is 0. The second-order valence-electron chi connectivity index (χ2n) is 4.17. The van der Waals surface area contributed by atoms with Crippen LogP contribution in [0.5, 0.6) is 0 Å². The molecule has 0 saturated carbocycles. The maximum Gasteiger partial charge on any atom is 0.321 e. The van der Waals surface area contributed by atoms with Crippen LogP contribution in [0.1, 0.15) is 40.0 Å². The quantitative estimate of drug-likeness (QED) is 0.652. The maximum atomic E-state index is 11.4. The van der Waals surface area contributed by atoms with Crippen LogP contribution in [0.3, 0.4) is 0 Å². The van der Waals surface area contributed by atoms with Crippen LogP contribution in [0.15, 0.2) is 0 Å². The highest BCUT2D eigenvalue weighted by Gasteiger charge is 2.15. The number of carbonyl (C=O) groups excluding carboxylic acids is 2. The lowest BCUT2D eigenvalue weighted by Crippen LogP contribution is -2.46. The fraction of sp³-hybridized carbons (Fsp3) is 0.727. The lowest BCUT2D eigenvalue weighted by molar-refractivity contribution is -0.138. The summed E-state index contributed by atoms with van der Waals surface area (Å²) in [6.07, 6.45) is 0.302. The molecule has 0 saturated heterocycles. The van der Waals surface area contributed by atoms with Crippen molar-refractivity contribution in [2.75, 3.05) is 0 Å². The van der Waals surface area contributed by atoms with Gasteiger partial charge in [-0.1, -0.05) is 20.8 Å². The van der Waals surface area contributed by atoms with Crippen LogP contribution in [-0.2, 0) is 9.59 Å². The average Bonchev–Trinajstić information content (AvgIpc) is 2.22. The normalized spacial score (nSPS) is 12.0. The predicted molar refractivity (Wildman–Crippen MR) is 62.5 cm³/mol. The highest BCUT2D eigenvalue weighted by molar-refractivity contribution is 5.95. The summed E-state index contributed by atoms with van der Waals surface area (Å²) in [5.41, 5.74) is 0. The molecule has 0 aliphatic rings. The molecule has 98 valence electrons. The topological polar surface area (TPSA) is 95.5 Å². The molecule has 3 N–H and O–H groups in total. The monoisotopic (exact) mass is 244 g/mol. The summed E-state index contributed by atoms with van der Waals surface area (Å²) in [5.74, 6) is -1.36. The van der Waals surface area contributed by atoms with E-state index >= 15 is 0 Å². The molecule has 1 atom stereocenters. The molecule has 0 rings (SSSR count). The first-order valence-corrected chi connectivity index (χ1v) is 5.69. The van der Waals surface area contributed by atoms with Crippen molar-refractivity contribution in [1.82, 2.24) is 10.6 Å². The van der Waals surface area contributed by atoms with E-state index in [1.807, 2.05) is 20.8 Å². The first-order valence-electron chi connectivity index (χ1n) is 5.69. The molecule has 1 unspecified atom stereocenters. The van der Waals surface area contributed by atoms with E-state index in [0.29, 0.717) is 0 Å². The molecule has 0 aliphatic heterocycles. The lowest BCUT2D eigenvalue weighted by Gasteiger charge is -2.20. The number of carbonyl (C=O) groups is 3. The lowest BCUT2D eigenvalue weighted by atomic mass is 10.0. The zero-order valence-electron chi connectivity index (χ0n) is 10.4. The number of imide groups is 1. The van der Waals surface area contributed by atoms with E-state index in [0.717, 1.165) is 6.42 Å². The van der Waals surface area contributed by atoms with Crippen molar-refractivity contribution in [3.8, 4) is 0 Å². The Morgan fingerprint density at radius 1 is 1.18 bits per heavy atom. The van der Waals surface area contributed by atoms with Gasteiger partial charge in [0.25, 0.3) is 0 Å². The molecule has 0 aliphatic carbocycles. The number of urea groups is 1. The second-order valence-corrected chi connectivity index (χ2v) is 4.17. The van der Waals surface area contributed by atoms with Crippen LogP contribution >= 0.6 is 0 Å². The predicted octanol–water partition coefficient (Wildman–Crippen LogP) is 1.11. The summed E-state index contributed by atoms with van der Waals surface area (Å²) in [6.45, 7) is 5.89. The minimum atomic E-state index is -1.06. The van der Waals surface area contributed by atoms with Crippen molar-refractivity contribution in [2.24, 2.45) is 5.92 Å². The van der Waals surface area contributed by atoms with Crippen LogP contribution < -0.4 is 10.6 Å². The summed E-state index contributed by atoms with van der Waals surface area (Å²) >= 11 is 0. The van der Waals surface area contributed by atoms with E-state index in [-0.39, 0.29) is 24.8 Å². The van der Waals surface area contributed by atoms with E-state index in [1.54, 1.807) is 0 Å². The Balaban J connectivity index is 4.00. The first-order chi connectivity index (χ1) is 7.86. The van der Waals surface area contributed by atoms with Gasteiger partial charge < -0.3 is 10.4 Å². The molecule has 0 aromatic heterocycles. The van der Waals surface area contributed by atoms with Crippen LogP contribution in [0.2, 0.25) is 0 Å². The van der Waals surface area contributed by atoms with Gasteiger partial charge in [0.1, 0.15) is 0 Å². The molecule has 0 aromatic carbocycles. The van der Waals surface area contributed by atoms with Gasteiger partial charge in [0, 0.05) is 12.5 Å². The molecule has 3 amide bonds. The Morgan fingerprint density at radius 2 is 1.76 bits per heavy atom. The number of carboxylic acids is 1. The fourth-order valence-corrected chi connectivity index (χ4v) is 1.35. The van der Waals surface area contributed by atoms with Gasteiger partial charge in [0.2, 0.25) is 5.91 Å². The average molecular weight is 244 g/mol. The van der Waals surface area contributed by atoms with Gasteiger partial charge >= 0.3 is 12.0 Å². The highest BCUT2D eigenvalue weighted by Crippen LogP contribution is 2.04. The molecule has 6 nitrogen and oxygen atoms in total. The van der Waals surface area contributed by atoms with Gasteiger partial charge in [-0.2, -0.15) is 0 Å². The molecule has 17 heavy (non-hydrogen) atoms.